The summed E-state index contributed by atoms with van der Waals surface area (Å²) in [6.07, 6.45) is 3.40. The van der Waals surface area contributed by atoms with Gasteiger partial charge in [-0.3, -0.25) is 4.79 Å². The molecule has 1 saturated heterocycles. The Bertz CT molecular complexity index is 500. The zero-order valence-electron chi connectivity index (χ0n) is 12.4. The second kappa shape index (κ2) is 7.27. The number of nitrogens with one attached hydrogen (secondary N) is 2. The number of halogens is 2. The van der Waals surface area contributed by atoms with Crippen molar-refractivity contribution in [3.05, 3.63) is 15.6 Å². The van der Waals surface area contributed by atoms with E-state index in [2.05, 4.69) is 15.6 Å². The highest BCUT2D eigenvalue weighted by Gasteiger charge is 2.57. The normalized spacial score (nSPS) is 22.1. The number of piperidine rings is 1. The lowest BCUT2D eigenvalue weighted by Gasteiger charge is -2.23. The van der Waals surface area contributed by atoms with Crippen molar-refractivity contribution in [3.63, 3.8) is 0 Å². The van der Waals surface area contributed by atoms with Crippen molar-refractivity contribution in [2.75, 3.05) is 13.1 Å². The first-order valence-electron chi connectivity index (χ1n) is 7.02. The van der Waals surface area contributed by atoms with Crippen LogP contribution in [-0.2, 0) is 11.3 Å². The van der Waals surface area contributed by atoms with Crippen LogP contribution in [0.5, 0.6) is 0 Å². The zero-order valence-corrected chi connectivity index (χ0v) is 14.8. The molecule has 1 aliphatic carbocycles. The lowest BCUT2D eigenvalue weighted by atomic mass is 9.92. The molecule has 1 aromatic heterocycles. The molecule has 1 saturated carbocycles. The fraction of sp³-hybridized carbons (Fsp3) is 0.714. The maximum absolute atomic E-state index is 12.2. The molecule has 4 nitrogen and oxygen atoms in total. The average Bonchev–Trinajstić information content (AvgIpc) is 2.97. The average molecular weight is 352 g/mol. The van der Waals surface area contributed by atoms with E-state index in [9.17, 15) is 4.79 Å². The molecule has 1 aromatic rings. The molecule has 120 valence electrons. The summed E-state index contributed by atoms with van der Waals surface area (Å²) >= 11 is 1.68. The molecular formula is C14H23Cl2N3OS. The van der Waals surface area contributed by atoms with Crippen LogP contribution in [0.1, 0.15) is 34.8 Å². The molecule has 1 amide bonds. The molecule has 2 N–H and O–H groups in total. The first-order chi connectivity index (χ1) is 9.11. The monoisotopic (exact) mass is 351 g/mol. The van der Waals surface area contributed by atoms with Gasteiger partial charge in [0.05, 0.1) is 17.2 Å². The van der Waals surface area contributed by atoms with E-state index in [4.69, 9.17) is 0 Å². The SMILES string of the molecule is Cc1nc(C)c(CNC(=O)C2CC23CCNCC3)s1.Cl.Cl. The largest absolute Gasteiger partial charge is 0.351 e. The minimum absolute atomic E-state index is 0. The molecule has 0 radical (unpaired) electrons. The first kappa shape index (κ1) is 18.7. The van der Waals surface area contributed by atoms with Crippen LogP contribution in [0, 0.1) is 25.2 Å². The standard InChI is InChI=1S/C14H21N3OS.2ClH/c1-9-12(19-10(2)17-9)8-16-13(18)11-7-14(11)3-5-15-6-4-14;;/h11,15H,3-8H2,1-2H3,(H,16,18);2*1H. The lowest BCUT2D eigenvalue weighted by Crippen LogP contribution is -2.33. The second-order valence-corrected chi connectivity index (χ2v) is 7.12. The number of rotatable bonds is 3. The summed E-state index contributed by atoms with van der Waals surface area (Å²) in [6, 6.07) is 0. The molecule has 1 unspecified atom stereocenters. The van der Waals surface area contributed by atoms with E-state index in [1.807, 2.05) is 13.8 Å². The van der Waals surface area contributed by atoms with Gasteiger partial charge in [0.1, 0.15) is 0 Å². The lowest BCUT2D eigenvalue weighted by molar-refractivity contribution is -0.123. The van der Waals surface area contributed by atoms with Crippen molar-refractivity contribution in [2.45, 2.75) is 39.7 Å². The third kappa shape index (κ3) is 3.89. The summed E-state index contributed by atoms with van der Waals surface area (Å²) in [6.45, 7) is 6.79. The molecule has 1 aliphatic heterocycles. The van der Waals surface area contributed by atoms with Crippen LogP contribution in [0.2, 0.25) is 0 Å². The zero-order chi connectivity index (χ0) is 13.5. The summed E-state index contributed by atoms with van der Waals surface area (Å²) < 4.78 is 0. The smallest absolute Gasteiger partial charge is 0.223 e. The van der Waals surface area contributed by atoms with Crippen LogP contribution in [0.15, 0.2) is 0 Å². The second-order valence-electron chi connectivity index (χ2n) is 5.83. The maximum atomic E-state index is 12.2. The van der Waals surface area contributed by atoms with Crippen LogP contribution in [-0.4, -0.2) is 24.0 Å². The fourth-order valence-corrected chi connectivity index (χ4v) is 4.10. The Morgan fingerprint density at radius 1 is 1.38 bits per heavy atom. The van der Waals surface area contributed by atoms with Crippen LogP contribution in [0.4, 0.5) is 0 Å². The van der Waals surface area contributed by atoms with E-state index in [0.717, 1.165) is 43.1 Å². The minimum Gasteiger partial charge on any atom is -0.351 e. The van der Waals surface area contributed by atoms with E-state index in [1.54, 1.807) is 11.3 Å². The summed E-state index contributed by atoms with van der Waals surface area (Å²) in [4.78, 5) is 17.8. The highest BCUT2D eigenvalue weighted by molar-refractivity contribution is 7.11. The predicted molar refractivity (Wildman–Crippen MR) is 90.6 cm³/mol. The highest BCUT2D eigenvalue weighted by Crippen LogP contribution is 2.58. The van der Waals surface area contributed by atoms with E-state index in [0.29, 0.717) is 12.0 Å². The first-order valence-corrected chi connectivity index (χ1v) is 7.84. The van der Waals surface area contributed by atoms with Gasteiger partial charge in [-0.2, -0.15) is 0 Å². The van der Waals surface area contributed by atoms with Gasteiger partial charge >= 0.3 is 0 Å². The number of carbonyl (C=O) groups excluding carboxylic acids is 1. The van der Waals surface area contributed by atoms with Gasteiger partial charge in [0, 0.05) is 10.8 Å². The fourth-order valence-electron chi connectivity index (χ4n) is 3.22. The topological polar surface area (TPSA) is 54.0 Å². The van der Waals surface area contributed by atoms with E-state index < -0.39 is 0 Å². The number of aromatic nitrogens is 1. The summed E-state index contributed by atoms with van der Waals surface area (Å²) in [7, 11) is 0. The Balaban J connectivity index is 0.00000110. The quantitative estimate of drug-likeness (QED) is 0.879. The third-order valence-electron chi connectivity index (χ3n) is 4.53. The van der Waals surface area contributed by atoms with Crippen molar-refractivity contribution in [1.82, 2.24) is 15.6 Å². The minimum atomic E-state index is 0. The molecule has 1 spiro atoms. The Morgan fingerprint density at radius 2 is 2.05 bits per heavy atom. The number of amides is 1. The molecule has 2 heterocycles. The molecule has 1 atom stereocenters. The number of aryl methyl sites for hydroxylation is 2. The number of carbonyl (C=O) groups is 1. The van der Waals surface area contributed by atoms with Crippen molar-refractivity contribution in [2.24, 2.45) is 11.3 Å². The van der Waals surface area contributed by atoms with E-state index in [1.165, 1.54) is 4.88 Å². The molecule has 7 heteroatoms. The van der Waals surface area contributed by atoms with Gasteiger partial charge in [0.15, 0.2) is 0 Å². The van der Waals surface area contributed by atoms with Gasteiger partial charge in [-0.05, 0) is 51.6 Å². The van der Waals surface area contributed by atoms with Gasteiger partial charge < -0.3 is 10.6 Å². The molecule has 2 fully saturated rings. The maximum Gasteiger partial charge on any atom is 0.223 e. The van der Waals surface area contributed by atoms with Crippen LogP contribution < -0.4 is 10.6 Å². The predicted octanol–water partition coefficient (Wildman–Crippen LogP) is 2.61. The Labute approximate surface area is 142 Å². The number of hydrogen-bond donors (Lipinski definition) is 2. The highest BCUT2D eigenvalue weighted by atomic mass is 35.5. The molecule has 3 rings (SSSR count). The number of nitrogens with zero attached hydrogens (tertiary/aromatic N) is 1. The van der Waals surface area contributed by atoms with Crippen molar-refractivity contribution in [3.8, 4) is 0 Å². The summed E-state index contributed by atoms with van der Waals surface area (Å²) in [5.41, 5.74) is 1.38. The van der Waals surface area contributed by atoms with Gasteiger partial charge in [-0.15, -0.1) is 36.2 Å². The molecule has 2 aliphatic rings. The summed E-state index contributed by atoms with van der Waals surface area (Å²) in [5, 5.41) is 7.54. The Morgan fingerprint density at radius 3 is 2.62 bits per heavy atom. The van der Waals surface area contributed by atoms with Gasteiger partial charge in [-0.1, -0.05) is 0 Å². The van der Waals surface area contributed by atoms with Crippen LogP contribution in [0.3, 0.4) is 0 Å². The number of hydrogen-bond acceptors (Lipinski definition) is 4. The molecule has 0 bridgehead atoms. The number of thiazole rings is 1. The Kier molecular flexibility index (Phi) is 6.47. The van der Waals surface area contributed by atoms with Crippen molar-refractivity contribution >= 4 is 42.1 Å². The van der Waals surface area contributed by atoms with Crippen molar-refractivity contribution in [1.29, 1.82) is 0 Å². The summed E-state index contributed by atoms with van der Waals surface area (Å²) in [5.74, 6) is 0.497. The van der Waals surface area contributed by atoms with Gasteiger partial charge in [0.2, 0.25) is 5.91 Å². The van der Waals surface area contributed by atoms with Crippen LogP contribution in [0.25, 0.3) is 0 Å². The van der Waals surface area contributed by atoms with Crippen LogP contribution >= 0.6 is 36.2 Å². The van der Waals surface area contributed by atoms with Crippen molar-refractivity contribution < 1.29 is 4.79 Å². The van der Waals surface area contributed by atoms with Gasteiger partial charge in [-0.25, -0.2) is 4.98 Å². The molecule has 0 aromatic carbocycles. The molecular weight excluding hydrogens is 329 g/mol. The van der Waals surface area contributed by atoms with E-state index >= 15 is 0 Å². The van der Waals surface area contributed by atoms with E-state index in [-0.39, 0.29) is 36.6 Å². The third-order valence-corrected chi connectivity index (χ3v) is 5.60. The Hall–Kier alpha value is -0.360. The molecule has 21 heavy (non-hydrogen) atoms. The van der Waals surface area contributed by atoms with Gasteiger partial charge in [0.25, 0.3) is 0 Å².